The predicted molar refractivity (Wildman–Crippen MR) is 74.3 cm³/mol. The normalized spacial score (nSPS) is 10.6. The summed E-state index contributed by atoms with van der Waals surface area (Å²) in [5.41, 5.74) is 2.32. The first-order chi connectivity index (χ1) is 7.90. The third kappa shape index (κ3) is 3.16. The molecule has 0 saturated carbocycles. The molecule has 84 valence electrons. The third-order valence-electron chi connectivity index (χ3n) is 2.40. The van der Waals surface area contributed by atoms with Crippen LogP contribution in [0.15, 0.2) is 35.7 Å². The molecule has 0 radical (unpaired) electrons. The van der Waals surface area contributed by atoms with Gasteiger partial charge in [-0.25, -0.2) is 4.98 Å². The molecular weight excluding hydrogens is 282 g/mol. The molecule has 16 heavy (non-hydrogen) atoms. The summed E-state index contributed by atoms with van der Waals surface area (Å²) in [5.74, 6) is 0. The van der Waals surface area contributed by atoms with E-state index in [9.17, 15) is 0 Å². The van der Waals surface area contributed by atoms with Crippen molar-refractivity contribution >= 4 is 27.3 Å². The van der Waals surface area contributed by atoms with Gasteiger partial charge in [-0.15, -0.1) is 11.3 Å². The van der Waals surface area contributed by atoms with Crippen LogP contribution in [-0.4, -0.2) is 10.3 Å². The lowest BCUT2D eigenvalue weighted by Gasteiger charge is -1.95. The molecule has 1 aromatic carbocycles. The molecule has 1 nitrogen and oxygen atoms in total. The van der Waals surface area contributed by atoms with Crippen molar-refractivity contribution in [3.8, 4) is 11.3 Å². The number of thiazole rings is 1. The van der Waals surface area contributed by atoms with Crippen molar-refractivity contribution in [1.29, 1.82) is 0 Å². The molecule has 0 bridgehead atoms. The molecule has 0 aliphatic carbocycles. The van der Waals surface area contributed by atoms with Crippen molar-refractivity contribution in [3.05, 3.63) is 40.7 Å². The number of benzene rings is 1. The van der Waals surface area contributed by atoms with Gasteiger partial charge in [0.05, 0.1) is 10.7 Å². The summed E-state index contributed by atoms with van der Waals surface area (Å²) in [7, 11) is 0. The number of alkyl halides is 1. The highest BCUT2D eigenvalue weighted by Gasteiger charge is 2.03. The van der Waals surface area contributed by atoms with Crippen LogP contribution in [0.4, 0.5) is 0 Å². The van der Waals surface area contributed by atoms with Gasteiger partial charge in [0.15, 0.2) is 0 Å². The number of hydrogen-bond donors (Lipinski definition) is 0. The number of hydrogen-bond acceptors (Lipinski definition) is 2. The molecule has 0 saturated heterocycles. The standard InChI is InChI=1S/C13H14BrNS/c14-9-5-4-8-13-15-12(10-16-13)11-6-2-1-3-7-11/h1-3,6-7,10H,4-5,8-9H2. The Balaban J connectivity index is 2.02. The van der Waals surface area contributed by atoms with E-state index < -0.39 is 0 Å². The molecule has 2 rings (SSSR count). The number of rotatable bonds is 5. The first-order valence-electron chi connectivity index (χ1n) is 5.46. The Bertz CT molecular complexity index is 425. The molecule has 0 N–H and O–H groups in total. The summed E-state index contributed by atoms with van der Waals surface area (Å²) >= 11 is 5.22. The fourth-order valence-corrected chi connectivity index (χ4v) is 2.78. The second-order valence-electron chi connectivity index (χ2n) is 3.64. The van der Waals surface area contributed by atoms with Crippen LogP contribution in [0.1, 0.15) is 17.8 Å². The van der Waals surface area contributed by atoms with Gasteiger partial charge in [0, 0.05) is 16.3 Å². The lowest BCUT2D eigenvalue weighted by Crippen LogP contribution is -1.85. The Morgan fingerprint density at radius 2 is 1.94 bits per heavy atom. The van der Waals surface area contributed by atoms with E-state index in [1.54, 1.807) is 11.3 Å². The summed E-state index contributed by atoms with van der Waals surface area (Å²) in [6, 6.07) is 10.4. The molecule has 0 aliphatic heterocycles. The molecular formula is C13H14BrNS. The highest BCUT2D eigenvalue weighted by molar-refractivity contribution is 9.09. The smallest absolute Gasteiger partial charge is 0.0932 e. The van der Waals surface area contributed by atoms with Crippen molar-refractivity contribution in [2.24, 2.45) is 0 Å². The van der Waals surface area contributed by atoms with Crippen molar-refractivity contribution in [2.75, 3.05) is 5.33 Å². The second-order valence-corrected chi connectivity index (χ2v) is 5.37. The van der Waals surface area contributed by atoms with E-state index in [-0.39, 0.29) is 0 Å². The SMILES string of the molecule is BrCCCCc1nc(-c2ccccc2)cs1. The average Bonchev–Trinajstić information content (AvgIpc) is 2.79. The van der Waals surface area contributed by atoms with Gasteiger partial charge in [0.2, 0.25) is 0 Å². The van der Waals surface area contributed by atoms with Crippen LogP contribution in [0.25, 0.3) is 11.3 Å². The van der Waals surface area contributed by atoms with E-state index in [1.807, 2.05) is 6.07 Å². The first-order valence-corrected chi connectivity index (χ1v) is 7.46. The molecule has 0 fully saturated rings. The van der Waals surface area contributed by atoms with E-state index in [0.717, 1.165) is 17.4 Å². The molecule has 0 amide bonds. The zero-order valence-electron chi connectivity index (χ0n) is 9.03. The van der Waals surface area contributed by atoms with Crippen LogP contribution in [-0.2, 0) is 6.42 Å². The molecule has 1 heterocycles. The quantitative estimate of drug-likeness (QED) is 0.583. The van der Waals surface area contributed by atoms with E-state index in [4.69, 9.17) is 0 Å². The summed E-state index contributed by atoms with van der Waals surface area (Å²) in [4.78, 5) is 4.66. The van der Waals surface area contributed by atoms with Crippen molar-refractivity contribution in [2.45, 2.75) is 19.3 Å². The van der Waals surface area contributed by atoms with Gasteiger partial charge in [-0.05, 0) is 19.3 Å². The van der Waals surface area contributed by atoms with E-state index >= 15 is 0 Å². The van der Waals surface area contributed by atoms with Crippen LogP contribution >= 0.6 is 27.3 Å². The van der Waals surface area contributed by atoms with E-state index in [2.05, 4.69) is 50.6 Å². The van der Waals surface area contributed by atoms with E-state index in [1.165, 1.54) is 23.4 Å². The Labute approximate surface area is 109 Å². The van der Waals surface area contributed by atoms with Gasteiger partial charge in [-0.2, -0.15) is 0 Å². The van der Waals surface area contributed by atoms with Crippen LogP contribution in [0.2, 0.25) is 0 Å². The summed E-state index contributed by atoms with van der Waals surface area (Å²) in [5, 5.41) is 4.49. The van der Waals surface area contributed by atoms with Crippen molar-refractivity contribution in [3.63, 3.8) is 0 Å². The van der Waals surface area contributed by atoms with Gasteiger partial charge >= 0.3 is 0 Å². The maximum Gasteiger partial charge on any atom is 0.0932 e. The molecule has 1 aromatic heterocycles. The minimum Gasteiger partial charge on any atom is -0.241 e. The third-order valence-corrected chi connectivity index (χ3v) is 3.86. The molecule has 0 spiro atoms. The molecule has 0 unspecified atom stereocenters. The van der Waals surface area contributed by atoms with Gasteiger partial charge in [-0.3, -0.25) is 0 Å². The Hall–Kier alpha value is -0.670. The zero-order valence-corrected chi connectivity index (χ0v) is 11.4. The van der Waals surface area contributed by atoms with Gasteiger partial charge in [0.1, 0.15) is 0 Å². The fourth-order valence-electron chi connectivity index (χ4n) is 1.54. The van der Waals surface area contributed by atoms with Crippen molar-refractivity contribution in [1.82, 2.24) is 4.98 Å². The lowest BCUT2D eigenvalue weighted by molar-refractivity contribution is 0.801. The Morgan fingerprint density at radius 3 is 2.69 bits per heavy atom. The average molecular weight is 296 g/mol. The lowest BCUT2D eigenvalue weighted by atomic mass is 10.2. The summed E-state index contributed by atoms with van der Waals surface area (Å²) in [6.45, 7) is 0. The van der Waals surface area contributed by atoms with Gasteiger partial charge < -0.3 is 0 Å². The molecule has 3 heteroatoms. The van der Waals surface area contributed by atoms with Crippen LogP contribution < -0.4 is 0 Å². The van der Waals surface area contributed by atoms with Crippen LogP contribution in [0.5, 0.6) is 0 Å². The van der Waals surface area contributed by atoms with Crippen LogP contribution in [0.3, 0.4) is 0 Å². The minimum absolute atomic E-state index is 1.09. The van der Waals surface area contributed by atoms with E-state index in [0.29, 0.717) is 0 Å². The molecule has 0 atom stereocenters. The number of aryl methyl sites for hydroxylation is 1. The Kier molecular flexibility index (Phi) is 4.55. The molecule has 2 aromatic rings. The minimum atomic E-state index is 1.09. The maximum absolute atomic E-state index is 4.66. The topological polar surface area (TPSA) is 12.9 Å². The number of nitrogens with zero attached hydrogens (tertiary/aromatic N) is 1. The predicted octanol–water partition coefficient (Wildman–Crippen LogP) is 4.53. The Morgan fingerprint density at radius 1 is 1.12 bits per heavy atom. The fraction of sp³-hybridized carbons (Fsp3) is 0.308. The summed E-state index contributed by atoms with van der Waals surface area (Å²) in [6.07, 6.45) is 3.54. The summed E-state index contributed by atoms with van der Waals surface area (Å²) < 4.78 is 0. The number of aromatic nitrogens is 1. The number of halogens is 1. The highest BCUT2D eigenvalue weighted by atomic mass is 79.9. The van der Waals surface area contributed by atoms with Gasteiger partial charge in [-0.1, -0.05) is 46.3 Å². The second kappa shape index (κ2) is 6.16. The largest absolute Gasteiger partial charge is 0.241 e. The molecule has 0 aliphatic rings. The maximum atomic E-state index is 4.66. The monoisotopic (exact) mass is 295 g/mol. The zero-order chi connectivity index (χ0) is 11.2. The van der Waals surface area contributed by atoms with Gasteiger partial charge in [0.25, 0.3) is 0 Å². The van der Waals surface area contributed by atoms with Crippen LogP contribution in [0, 0.1) is 0 Å². The van der Waals surface area contributed by atoms with Crippen molar-refractivity contribution < 1.29 is 0 Å². The highest BCUT2D eigenvalue weighted by Crippen LogP contribution is 2.22. The first kappa shape index (κ1) is 11.8. The number of unbranched alkanes of at least 4 members (excludes halogenated alkanes) is 1.